The fraction of sp³-hybridized carbons (Fsp3) is 0.391. The van der Waals surface area contributed by atoms with Crippen LogP contribution in [0.15, 0.2) is 64.3 Å². The van der Waals surface area contributed by atoms with Gasteiger partial charge in [0.2, 0.25) is 5.88 Å². The lowest BCUT2D eigenvalue weighted by atomic mass is 9.85. The second kappa shape index (κ2) is 8.99. The van der Waals surface area contributed by atoms with E-state index in [1.54, 1.807) is 25.1 Å². The van der Waals surface area contributed by atoms with E-state index < -0.39 is 6.23 Å². The number of aromatic nitrogens is 1. The number of allylic oxidation sites excluding steroid dienone is 2. The minimum atomic E-state index is -0.968. The number of hydrogen-bond acceptors (Lipinski definition) is 7. The molecule has 0 spiro atoms. The number of nitrogens with zero attached hydrogens (tertiary/aromatic N) is 3. The van der Waals surface area contributed by atoms with Gasteiger partial charge in [-0.25, -0.2) is 9.98 Å². The summed E-state index contributed by atoms with van der Waals surface area (Å²) in [5.41, 5.74) is 9.40. The van der Waals surface area contributed by atoms with Crippen molar-refractivity contribution in [2.45, 2.75) is 33.0 Å². The van der Waals surface area contributed by atoms with E-state index >= 15 is 0 Å². The lowest BCUT2D eigenvalue weighted by molar-refractivity contribution is 0.243. The lowest BCUT2D eigenvalue weighted by Gasteiger charge is -2.30. The fourth-order valence-electron chi connectivity index (χ4n) is 3.17. The molecule has 30 heavy (non-hydrogen) atoms. The average Bonchev–Trinajstić information content (AvgIpc) is 2.73. The Morgan fingerprint density at radius 3 is 2.67 bits per heavy atom. The summed E-state index contributed by atoms with van der Waals surface area (Å²) < 4.78 is 5.40. The molecule has 0 bridgehead atoms. The summed E-state index contributed by atoms with van der Waals surface area (Å²) in [6.45, 7) is 6.35. The standard InChI is InChI=1S/C23H28N4O2S/c1-23(2,3)17-9-7-15(8-10-17)20(28)26-18-13-16(14-25-21(18)29-5)19-11-12-24-22(30-6)27(19)4/h7,9,11-14,19-20,26,28H,1-6H3. The molecule has 2 heterocycles. The van der Waals surface area contributed by atoms with Crippen LogP contribution in [0.2, 0.25) is 0 Å². The normalized spacial score (nSPS) is 19.2. The second-order valence-corrected chi connectivity index (χ2v) is 8.86. The van der Waals surface area contributed by atoms with Crippen molar-refractivity contribution in [3.63, 3.8) is 0 Å². The largest absolute Gasteiger partial charge is 0.480 e. The number of aliphatic hydroxyl groups excluding tert-OH is 1. The van der Waals surface area contributed by atoms with Gasteiger partial charge in [-0.3, -0.25) is 0 Å². The van der Waals surface area contributed by atoms with Crippen molar-refractivity contribution >= 4 is 22.6 Å². The van der Waals surface area contributed by atoms with E-state index in [1.807, 2.05) is 43.8 Å². The summed E-state index contributed by atoms with van der Waals surface area (Å²) in [6.07, 6.45) is 10.5. The number of amidine groups is 1. The topological polar surface area (TPSA) is 70.0 Å². The highest BCUT2D eigenvalue weighted by Gasteiger charge is 2.23. The Morgan fingerprint density at radius 1 is 1.30 bits per heavy atom. The van der Waals surface area contributed by atoms with Crippen molar-refractivity contribution < 1.29 is 9.84 Å². The smallest absolute Gasteiger partial charge is 0.237 e. The monoisotopic (exact) mass is 424 g/mol. The molecule has 2 aliphatic rings. The number of hydrogen-bond donors (Lipinski definition) is 2. The van der Waals surface area contributed by atoms with Gasteiger partial charge >= 0.3 is 0 Å². The van der Waals surface area contributed by atoms with E-state index in [-0.39, 0.29) is 11.5 Å². The Kier molecular flexibility index (Phi) is 6.59. The second-order valence-electron chi connectivity index (χ2n) is 8.09. The van der Waals surface area contributed by atoms with Crippen molar-refractivity contribution in [3.05, 3.63) is 64.9 Å². The van der Waals surface area contributed by atoms with Gasteiger partial charge in [0.25, 0.3) is 0 Å². The van der Waals surface area contributed by atoms with Gasteiger partial charge in [-0.05, 0) is 41.5 Å². The van der Waals surface area contributed by atoms with Crippen LogP contribution >= 0.6 is 11.8 Å². The van der Waals surface area contributed by atoms with E-state index in [0.717, 1.165) is 16.3 Å². The minimum absolute atomic E-state index is 0.00739. The van der Waals surface area contributed by atoms with Crippen molar-refractivity contribution in [1.82, 2.24) is 9.88 Å². The molecule has 2 unspecified atom stereocenters. The van der Waals surface area contributed by atoms with Gasteiger partial charge in [-0.2, -0.15) is 0 Å². The fourth-order valence-corrected chi connectivity index (χ4v) is 3.74. The molecule has 1 aliphatic heterocycles. The zero-order valence-electron chi connectivity index (χ0n) is 18.2. The molecule has 0 saturated heterocycles. The van der Waals surface area contributed by atoms with Gasteiger partial charge in [0.05, 0.1) is 24.4 Å². The average molecular weight is 425 g/mol. The number of likely N-dealkylation sites (N-methyl/N-ethyl adjacent to an activating group) is 1. The number of anilines is 1. The maximum atomic E-state index is 10.7. The van der Waals surface area contributed by atoms with Crippen LogP contribution in [-0.4, -0.2) is 46.8 Å². The van der Waals surface area contributed by atoms with Gasteiger partial charge in [0.15, 0.2) is 11.4 Å². The first-order valence-corrected chi connectivity index (χ1v) is 10.9. The van der Waals surface area contributed by atoms with Gasteiger partial charge < -0.3 is 20.1 Å². The summed E-state index contributed by atoms with van der Waals surface area (Å²) in [5.74, 6) is 0.411. The Balaban J connectivity index is 1.88. The summed E-state index contributed by atoms with van der Waals surface area (Å²) in [4.78, 5) is 10.9. The SMILES string of the molecule is COc1ncc(C2C=CN=C(SC)N2C)cc1NC(O)C1=C=C=C(C(C)(C)C)C=C1. The van der Waals surface area contributed by atoms with E-state index in [4.69, 9.17) is 4.74 Å². The Hall–Kier alpha value is -2.69. The van der Waals surface area contributed by atoms with Crippen molar-refractivity contribution in [2.24, 2.45) is 10.4 Å². The number of thioether (sulfide) groups is 1. The Bertz CT molecular complexity index is 1010. The van der Waals surface area contributed by atoms with Gasteiger partial charge in [0.1, 0.15) is 0 Å². The zero-order valence-corrected chi connectivity index (χ0v) is 19.0. The third-order valence-electron chi connectivity index (χ3n) is 4.93. The molecule has 2 N–H and O–H groups in total. The number of aliphatic imine (C=N–C) groups is 1. The molecule has 0 aromatic carbocycles. The third-order valence-corrected chi connectivity index (χ3v) is 5.69. The summed E-state index contributed by atoms with van der Waals surface area (Å²) in [5, 5.41) is 14.8. The number of aliphatic hydroxyl groups is 1. The highest BCUT2D eigenvalue weighted by atomic mass is 32.2. The van der Waals surface area contributed by atoms with Crippen LogP contribution in [-0.2, 0) is 0 Å². The number of nitrogens with one attached hydrogen (secondary N) is 1. The van der Waals surface area contributed by atoms with Crippen molar-refractivity contribution in [3.8, 4) is 5.88 Å². The van der Waals surface area contributed by atoms with Crippen LogP contribution in [0.4, 0.5) is 5.69 Å². The first-order chi connectivity index (χ1) is 14.2. The number of rotatable bonds is 5. The summed E-state index contributed by atoms with van der Waals surface area (Å²) >= 11 is 1.59. The summed E-state index contributed by atoms with van der Waals surface area (Å²) in [7, 11) is 3.56. The van der Waals surface area contributed by atoms with Crippen LogP contribution in [0.1, 0.15) is 32.4 Å². The van der Waals surface area contributed by atoms with Crippen LogP contribution in [0.25, 0.3) is 0 Å². The maximum absolute atomic E-state index is 10.7. The molecule has 1 aromatic rings. The predicted octanol–water partition coefficient (Wildman–Crippen LogP) is 4.26. The van der Waals surface area contributed by atoms with E-state index in [9.17, 15) is 5.11 Å². The Morgan fingerprint density at radius 2 is 2.07 bits per heavy atom. The molecule has 158 valence electrons. The van der Waals surface area contributed by atoms with E-state index in [2.05, 4.69) is 52.4 Å². The van der Waals surface area contributed by atoms with Crippen LogP contribution < -0.4 is 10.1 Å². The molecule has 2 atom stereocenters. The van der Waals surface area contributed by atoms with Gasteiger partial charge in [0, 0.05) is 25.0 Å². The molecular formula is C23H28N4O2S. The van der Waals surface area contributed by atoms with Crippen molar-refractivity contribution in [1.29, 1.82) is 0 Å². The van der Waals surface area contributed by atoms with E-state index in [1.165, 1.54) is 0 Å². The first-order valence-electron chi connectivity index (χ1n) is 9.68. The summed E-state index contributed by atoms with van der Waals surface area (Å²) in [6, 6.07) is 1.93. The van der Waals surface area contributed by atoms with E-state index in [0.29, 0.717) is 17.1 Å². The third kappa shape index (κ3) is 4.72. The van der Waals surface area contributed by atoms with Gasteiger partial charge in [-0.15, -0.1) is 0 Å². The zero-order chi connectivity index (χ0) is 21.9. The van der Waals surface area contributed by atoms with Crippen molar-refractivity contribution in [2.75, 3.05) is 25.7 Å². The van der Waals surface area contributed by atoms with Gasteiger partial charge in [-0.1, -0.05) is 44.0 Å². The van der Waals surface area contributed by atoms with Crippen LogP contribution in [0.5, 0.6) is 5.88 Å². The lowest BCUT2D eigenvalue weighted by Crippen LogP contribution is -2.30. The number of pyridine rings is 1. The molecule has 7 heteroatoms. The maximum Gasteiger partial charge on any atom is 0.237 e. The molecule has 0 saturated carbocycles. The molecule has 1 aliphatic carbocycles. The molecule has 1 aromatic heterocycles. The quantitative estimate of drug-likeness (QED) is 0.544. The predicted molar refractivity (Wildman–Crippen MR) is 124 cm³/mol. The molecule has 6 nitrogen and oxygen atoms in total. The highest BCUT2D eigenvalue weighted by molar-refractivity contribution is 8.13. The molecule has 0 fully saturated rings. The minimum Gasteiger partial charge on any atom is -0.480 e. The first kappa shape index (κ1) is 22.0. The molecule has 0 amide bonds. The Labute approximate surface area is 182 Å². The number of methoxy groups -OCH3 is 1. The molecule has 3 rings (SSSR count). The molecular weight excluding hydrogens is 396 g/mol. The van der Waals surface area contributed by atoms with Crippen LogP contribution in [0, 0.1) is 5.41 Å². The number of ether oxygens (including phenoxy) is 1. The highest BCUT2D eigenvalue weighted by Crippen LogP contribution is 2.32. The molecule has 0 radical (unpaired) electrons. The van der Waals surface area contributed by atoms with Crippen LogP contribution in [0.3, 0.4) is 0 Å².